The highest BCUT2D eigenvalue weighted by atomic mass is 35.5. The predicted molar refractivity (Wildman–Crippen MR) is 94.2 cm³/mol. The Balaban J connectivity index is 2.55. The van der Waals surface area contributed by atoms with Crippen molar-refractivity contribution in [3.8, 4) is 5.75 Å². The van der Waals surface area contributed by atoms with Gasteiger partial charge in [0.2, 0.25) is 5.91 Å². The Hall–Kier alpha value is -1.30. The topological polar surface area (TPSA) is 61.8 Å². The molecule has 130 valence electrons. The van der Waals surface area contributed by atoms with E-state index in [1.54, 1.807) is 25.3 Å². The number of benzene rings is 1. The van der Waals surface area contributed by atoms with Gasteiger partial charge in [-0.1, -0.05) is 32.4 Å². The summed E-state index contributed by atoms with van der Waals surface area (Å²) in [4.78, 5) is 14.1. The number of ether oxygens (including phenoxy) is 1. The SMILES string of the molecule is COc1ccc(NC(=O)CCN(C)C(CO)C(C)(C)C)cc1Cl. The van der Waals surface area contributed by atoms with Crippen molar-refractivity contribution in [3.63, 3.8) is 0 Å². The lowest BCUT2D eigenvalue weighted by molar-refractivity contribution is -0.116. The number of hydrogen-bond acceptors (Lipinski definition) is 4. The minimum absolute atomic E-state index is 0.00531. The van der Waals surface area contributed by atoms with Crippen LogP contribution in [-0.2, 0) is 4.79 Å². The first kappa shape index (κ1) is 19.7. The Morgan fingerprint density at radius 1 is 1.43 bits per heavy atom. The summed E-state index contributed by atoms with van der Waals surface area (Å²) < 4.78 is 5.08. The second kappa shape index (κ2) is 8.52. The summed E-state index contributed by atoms with van der Waals surface area (Å²) in [6.45, 7) is 6.85. The van der Waals surface area contributed by atoms with Crippen LogP contribution in [0, 0.1) is 5.41 Å². The number of halogens is 1. The summed E-state index contributed by atoms with van der Waals surface area (Å²) in [6.07, 6.45) is 0.340. The van der Waals surface area contributed by atoms with E-state index in [-0.39, 0.29) is 24.0 Å². The third kappa shape index (κ3) is 6.01. The van der Waals surface area contributed by atoms with E-state index in [4.69, 9.17) is 16.3 Å². The zero-order chi connectivity index (χ0) is 17.6. The maximum atomic E-state index is 12.1. The molecule has 0 fully saturated rings. The summed E-state index contributed by atoms with van der Waals surface area (Å²) in [6, 6.07) is 5.13. The third-order valence-corrected chi connectivity index (χ3v) is 4.13. The molecule has 0 saturated carbocycles. The predicted octanol–water partition coefficient (Wildman–Crippen LogP) is 3.02. The van der Waals surface area contributed by atoms with Crippen LogP contribution in [0.3, 0.4) is 0 Å². The number of nitrogens with one attached hydrogen (secondary N) is 1. The molecule has 6 heteroatoms. The summed E-state index contributed by atoms with van der Waals surface area (Å²) in [5, 5.41) is 12.8. The van der Waals surface area contributed by atoms with Crippen LogP contribution in [-0.4, -0.2) is 49.3 Å². The molecule has 1 rings (SSSR count). The molecule has 23 heavy (non-hydrogen) atoms. The first-order chi connectivity index (χ1) is 10.7. The maximum Gasteiger partial charge on any atom is 0.225 e. The molecule has 0 aliphatic heterocycles. The van der Waals surface area contributed by atoms with Crippen LogP contribution in [0.4, 0.5) is 5.69 Å². The van der Waals surface area contributed by atoms with Crippen molar-refractivity contribution in [2.45, 2.75) is 33.2 Å². The largest absolute Gasteiger partial charge is 0.495 e. The molecule has 0 spiro atoms. The van der Waals surface area contributed by atoms with Gasteiger partial charge >= 0.3 is 0 Å². The molecule has 0 saturated heterocycles. The molecule has 0 radical (unpaired) electrons. The zero-order valence-electron chi connectivity index (χ0n) is 14.5. The fraction of sp³-hybridized carbons (Fsp3) is 0.588. The Labute approximate surface area is 143 Å². The molecule has 0 aliphatic carbocycles. The zero-order valence-corrected chi connectivity index (χ0v) is 15.3. The van der Waals surface area contributed by atoms with Crippen molar-refractivity contribution < 1.29 is 14.6 Å². The Bertz CT molecular complexity index is 529. The van der Waals surface area contributed by atoms with Crippen molar-refractivity contribution in [1.82, 2.24) is 4.90 Å². The molecule has 1 aromatic rings. The summed E-state index contributed by atoms with van der Waals surface area (Å²) in [7, 11) is 3.46. The molecule has 1 atom stereocenters. The van der Waals surface area contributed by atoms with Crippen molar-refractivity contribution in [3.05, 3.63) is 23.2 Å². The molecule has 2 N–H and O–H groups in total. The Morgan fingerprint density at radius 3 is 2.57 bits per heavy atom. The number of carbonyl (C=O) groups excluding carboxylic acids is 1. The summed E-state index contributed by atoms with van der Waals surface area (Å²) >= 11 is 6.04. The smallest absolute Gasteiger partial charge is 0.225 e. The van der Waals surface area contributed by atoms with Crippen molar-refractivity contribution >= 4 is 23.2 Å². The molecule has 0 heterocycles. The number of rotatable bonds is 7. The van der Waals surface area contributed by atoms with E-state index in [9.17, 15) is 9.90 Å². The second-order valence-corrected chi connectivity index (χ2v) is 7.10. The van der Waals surface area contributed by atoms with E-state index in [1.165, 1.54) is 0 Å². The monoisotopic (exact) mass is 342 g/mol. The van der Waals surface area contributed by atoms with Gasteiger partial charge in [0.15, 0.2) is 0 Å². The van der Waals surface area contributed by atoms with E-state index in [1.807, 2.05) is 11.9 Å². The lowest BCUT2D eigenvalue weighted by Crippen LogP contribution is -2.45. The first-order valence-electron chi connectivity index (χ1n) is 7.63. The minimum Gasteiger partial charge on any atom is -0.495 e. The van der Waals surface area contributed by atoms with Crippen LogP contribution in [0.15, 0.2) is 18.2 Å². The second-order valence-electron chi connectivity index (χ2n) is 6.69. The summed E-state index contributed by atoms with van der Waals surface area (Å²) in [5.74, 6) is 0.476. The number of amides is 1. The lowest BCUT2D eigenvalue weighted by atomic mass is 9.86. The fourth-order valence-electron chi connectivity index (χ4n) is 2.48. The van der Waals surface area contributed by atoms with Crippen LogP contribution in [0.1, 0.15) is 27.2 Å². The van der Waals surface area contributed by atoms with Gasteiger partial charge in [-0.05, 0) is 30.7 Å². The molecule has 0 aliphatic rings. The highest BCUT2D eigenvalue weighted by Crippen LogP contribution is 2.27. The minimum atomic E-state index is -0.0938. The van der Waals surface area contributed by atoms with Gasteiger partial charge in [0.1, 0.15) is 5.75 Å². The van der Waals surface area contributed by atoms with E-state index in [2.05, 4.69) is 26.1 Å². The third-order valence-electron chi connectivity index (χ3n) is 3.83. The molecule has 0 aromatic heterocycles. The van der Waals surface area contributed by atoms with Gasteiger partial charge in [-0.25, -0.2) is 0 Å². The number of hydrogen-bond donors (Lipinski definition) is 2. The molecular weight excluding hydrogens is 316 g/mol. The van der Waals surface area contributed by atoms with Crippen LogP contribution in [0.2, 0.25) is 5.02 Å². The number of nitrogens with zero attached hydrogens (tertiary/aromatic N) is 1. The maximum absolute atomic E-state index is 12.1. The fourth-order valence-corrected chi connectivity index (χ4v) is 2.73. The van der Waals surface area contributed by atoms with Gasteiger partial charge in [0, 0.05) is 24.7 Å². The van der Waals surface area contributed by atoms with Crippen LogP contribution in [0.25, 0.3) is 0 Å². The quantitative estimate of drug-likeness (QED) is 0.799. The Morgan fingerprint density at radius 2 is 2.09 bits per heavy atom. The van der Waals surface area contributed by atoms with E-state index in [0.29, 0.717) is 29.4 Å². The van der Waals surface area contributed by atoms with Gasteiger partial charge in [-0.15, -0.1) is 0 Å². The molecule has 1 unspecified atom stereocenters. The van der Waals surface area contributed by atoms with E-state index >= 15 is 0 Å². The molecule has 5 nitrogen and oxygen atoms in total. The van der Waals surface area contributed by atoms with E-state index < -0.39 is 0 Å². The number of carbonyl (C=O) groups is 1. The van der Waals surface area contributed by atoms with Gasteiger partial charge in [0.05, 0.1) is 18.7 Å². The number of aliphatic hydroxyl groups is 1. The first-order valence-corrected chi connectivity index (χ1v) is 8.01. The average molecular weight is 343 g/mol. The van der Waals surface area contributed by atoms with Crippen molar-refractivity contribution in [2.75, 3.05) is 32.6 Å². The molecule has 1 aromatic carbocycles. The van der Waals surface area contributed by atoms with E-state index in [0.717, 1.165) is 0 Å². The highest BCUT2D eigenvalue weighted by Gasteiger charge is 2.27. The molecular formula is C17H27ClN2O3. The van der Waals surface area contributed by atoms with Gasteiger partial charge in [-0.3, -0.25) is 4.79 Å². The normalized spacial score (nSPS) is 13.0. The highest BCUT2D eigenvalue weighted by molar-refractivity contribution is 6.32. The standard InChI is InChI=1S/C17H27ClN2O3/c1-17(2,3)15(11-21)20(4)9-8-16(22)19-12-6-7-14(23-5)13(18)10-12/h6-7,10,15,21H,8-9,11H2,1-5H3,(H,19,22). The lowest BCUT2D eigenvalue weighted by Gasteiger charge is -2.36. The Kier molecular flexibility index (Phi) is 7.32. The number of anilines is 1. The number of likely N-dealkylation sites (N-methyl/N-ethyl adjacent to an activating group) is 1. The summed E-state index contributed by atoms with van der Waals surface area (Å²) in [5.41, 5.74) is 0.585. The van der Waals surface area contributed by atoms with Crippen LogP contribution in [0.5, 0.6) is 5.75 Å². The van der Waals surface area contributed by atoms with Crippen LogP contribution < -0.4 is 10.1 Å². The number of aliphatic hydroxyl groups excluding tert-OH is 1. The van der Waals surface area contributed by atoms with Crippen LogP contribution >= 0.6 is 11.6 Å². The average Bonchev–Trinajstić information content (AvgIpc) is 2.44. The van der Waals surface area contributed by atoms with Gasteiger partial charge < -0.3 is 20.1 Å². The molecule has 0 bridgehead atoms. The number of methoxy groups -OCH3 is 1. The van der Waals surface area contributed by atoms with Crippen molar-refractivity contribution in [1.29, 1.82) is 0 Å². The van der Waals surface area contributed by atoms with Crippen molar-refractivity contribution in [2.24, 2.45) is 5.41 Å². The van der Waals surface area contributed by atoms with Gasteiger partial charge in [-0.2, -0.15) is 0 Å². The molecule has 1 amide bonds. The van der Waals surface area contributed by atoms with Gasteiger partial charge in [0.25, 0.3) is 0 Å².